The predicted molar refractivity (Wildman–Crippen MR) is 127 cm³/mol. The van der Waals surface area contributed by atoms with Crippen LogP contribution in [0.4, 0.5) is 11.4 Å². The lowest BCUT2D eigenvalue weighted by molar-refractivity contribution is -0.384. The van der Waals surface area contributed by atoms with Crippen LogP contribution in [0.5, 0.6) is 0 Å². The molecule has 2 heterocycles. The number of carbonyl (C=O) groups excluding carboxylic acids is 1. The van der Waals surface area contributed by atoms with Crippen molar-refractivity contribution in [1.82, 2.24) is 0 Å². The number of allylic oxidation sites excluding steroid dienone is 3. The first kappa shape index (κ1) is 22.4. The number of benzene rings is 1. The number of thioether (sulfide) groups is 1. The zero-order valence-electron chi connectivity index (χ0n) is 17.1. The Hall–Kier alpha value is -2.80. The molecule has 1 aliphatic heterocycles. The third kappa shape index (κ3) is 3.68. The van der Waals surface area contributed by atoms with Gasteiger partial charge in [0.15, 0.2) is 5.78 Å². The number of hydrogen-bond acceptors (Lipinski definition) is 8. The van der Waals surface area contributed by atoms with E-state index < -0.39 is 10.8 Å². The van der Waals surface area contributed by atoms with E-state index >= 15 is 0 Å². The molecule has 1 unspecified atom stereocenters. The van der Waals surface area contributed by atoms with Crippen molar-refractivity contribution < 1.29 is 9.72 Å². The predicted octanol–water partition coefficient (Wildman–Crippen LogP) is 5.73. The van der Waals surface area contributed by atoms with E-state index in [1.165, 1.54) is 34.4 Å². The van der Waals surface area contributed by atoms with Crippen LogP contribution >= 0.6 is 34.7 Å². The molecule has 0 bridgehead atoms. The Kier molecular flexibility index (Phi) is 6.29. The second-order valence-corrected chi connectivity index (χ2v) is 9.98. The number of nitrogens with zero attached hydrogens (tertiary/aromatic N) is 3. The van der Waals surface area contributed by atoms with Gasteiger partial charge in [-0.1, -0.05) is 18.5 Å². The number of rotatable bonds is 5. The van der Waals surface area contributed by atoms with Crippen LogP contribution in [0.1, 0.15) is 37.0 Å². The van der Waals surface area contributed by atoms with Crippen LogP contribution in [0.2, 0.25) is 5.02 Å². The zero-order chi connectivity index (χ0) is 23.0. The van der Waals surface area contributed by atoms with Gasteiger partial charge >= 0.3 is 0 Å². The smallest absolute Gasteiger partial charge is 0.294 e. The van der Waals surface area contributed by atoms with E-state index in [1.54, 1.807) is 11.8 Å². The minimum Gasteiger partial charge on any atom is -0.384 e. The SMILES string of the molecule is CCSc1ccsc1C1C(C#N)=C(N)N(c2ccc(Cl)cc2[N+](=O)[O-])C2=C1C(=O)CCC2. The highest BCUT2D eigenvalue weighted by Gasteiger charge is 2.42. The molecule has 0 fully saturated rings. The molecule has 1 aromatic heterocycles. The summed E-state index contributed by atoms with van der Waals surface area (Å²) in [5, 5.41) is 24.1. The molecule has 2 aromatic rings. The number of thiophene rings is 1. The largest absolute Gasteiger partial charge is 0.384 e. The van der Waals surface area contributed by atoms with Gasteiger partial charge in [0.1, 0.15) is 11.5 Å². The molecule has 1 aromatic carbocycles. The van der Waals surface area contributed by atoms with Gasteiger partial charge in [0, 0.05) is 38.6 Å². The second-order valence-electron chi connectivity index (χ2n) is 7.29. The highest BCUT2D eigenvalue weighted by molar-refractivity contribution is 7.99. The van der Waals surface area contributed by atoms with Gasteiger partial charge in [-0.15, -0.1) is 23.1 Å². The van der Waals surface area contributed by atoms with Gasteiger partial charge in [0.05, 0.1) is 22.5 Å². The third-order valence-corrected chi connectivity index (χ3v) is 7.81. The lowest BCUT2D eigenvalue weighted by atomic mass is 9.78. The molecule has 7 nitrogen and oxygen atoms in total. The first-order valence-corrected chi connectivity index (χ1v) is 12.2. The summed E-state index contributed by atoms with van der Waals surface area (Å²) in [7, 11) is 0. The van der Waals surface area contributed by atoms with Crippen molar-refractivity contribution >= 4 is 51.9 Å². The van der Waals surface area contributed by atoms with Crippen LogP contribution in [-0.4, -0.2) is 16.5 Å². The summed E-state index contributed by atoms with van der Waals surface area (Å²) < 4.78 is 0. The van der Waals surface area contributed by atoms with Gasteiger partial charge in [-0.25, -0.2) is 0 Å². The van der Waals surface area contributed by atoms with Crippen LogP contribution < -0.4 is 10.6 Å². The lowest BCUT2D eigenvalue weighted by Gasteiger charge is -2.39. The molecule has 1 aliphatic carbocycles. The van der Waals surface area contributed by atoms with Crippen molar-refractivity contribution in [3.05, 3.63) is 72.3 Å². The van der Waals surface area contributed by atoms with Crippen LogP contribution in [0, 0.1) is 21.4 Å². The van der Waals surface area contributed by atoms with E-state index in [2.05, 4.69) is 6.07 Å². The standard InChI is InChI=1S/C22H19ClN4O3S2/c1-2-31-18-8-9-32-21(18)19-13(11-24)22(25)26(15-4-3-5-17(28)20(15)19)14-7-6-12(23)10-16(14)27(29)30/h6-10,19H,2-5,25H2,1H3. The number of hydrogen-bond donors (Lipinski definition) is 1. The van der Waals surface area contributed by atoms with Crippen LogP contribution in [0.25, 0.3) is 0 Å². The summed E-state index contributed by atoms with van der Waals surface area (Å²) >= 11 is 9.14. The van der Waals surface area contributed by atoms with E-state index in [9.17, 15) is 20.2 Å². The lowest BCUT2D eigenvalue weighted by Crippen LogP contribution is -2.39. The summed E-state index contributed by atoms with van der Waals surface area (Å²) in [6.45, 7) is 2.04. The van der Waals surface area contributed by atoms with Crippen molar-refractivity contribution in [3.63, 3.8) is 0 Å². The van der Waals surface area contributed by atoms with E-state index in [4.69, 9.17) is 17.3 Å². The monoisotopic (exact) mass is 486 g/mol. The molecule has 164 valence electrons. The number of ketones is 1. The van der Waals surface area contributed by atoms with E-state index in [0.717, 1.165) is 15.5 Å². The number of carbonyl (C=O) groups is 1. The number of nitro benzene ring substituents is 1. The first-order valence-electron chi connectivity index (χ1n) is 9.99. The zero-order valence-corrected chi connectivity index (χ0v) is 19.5. The average molecular weight is 487 g/mol. The Bertz CT molecular complexity index is 1230. The molecule has 1 atom stereocenters. The molecular weight excluding hydrogens is 468 g/mol. The van der Waals surface area contributed by atoms with E-state index in [1.807, 2.05) is 18.4 Å². The van der Waals surface area contributed by atoms with Crippen LogP contribution in [0.3, 0.4) is 0 Å². The minimum absolute atomic E-state index is 0.0565. The second kappa shape index (κ2) is 8.98. The Balaban J connectivity index is 2.00. The van der Waals surface area contributed by atoms with Crippen molar-refractivity contribution in [2.24, 2.45) is 5.73 Å². The van der Waals surface area contributed by atoms with Gasteiger partial charge in [-0.2, -0.15) is 5.26 Å². The topological polar surface area (TPSA) is 113 Å². The average Bonchev–Trinajstić information content (AvgIpc) is 3.21. The molecule has 0 radical (unpaired) electrons. The molecular formula is C22H19ClN4O3S2. The number of nitro groups is 1. The molecule has 4 rings (SSSR count). The molecule has 2 aliphatic rings. The normalized spacial score (nSPS) is 18.6. The van der Waals surface area contributed by atoms with Crippen LogP contribution in [0.15, 0.2) is 57.2 Å². The summed E-state index contributed by atoms with van der Waals surface area (Å²) in [6, 6.07) is 8.49. The van der Waals surface area contributed by atoms with Crippen LogP contribution in [-0.2, 0) is 4.79 Å². The van der Waals surface area contributed by atoms with Crippen molar-refractivity contribution in [2.45, 2.75) is 37.0 Å². The first-order chi connectivity index (χ1) is 15.4. The molecule has 0 saturated heterocycles. The quantitative estimate of drug-likeness (QED) is 0.326. The highest BCUT2D eigenvalue weighted by atomic mass is 35.5. The van der Waals surface area contributed by atoms with Crippen molar-refractivity contribution in [1.29, 1.82) is 5.26 Å². The fourth-order valence-corrected chi connectivity index (χ4v) is 6.47. The summed E-state index contributed by atoms with van der Waals surface area (Å²) in [4.78, 5) is 27.9. The maximum atomic E-state index is 13.2. The summed E-state index contributed by atoms with van der Waals surface area (Å²) in [6.07, 6.45) is 1.50. The fourth-order valence-electron chi connectivity index (χ4n) is 4.25. The minimum atomic E-state index is -0.570. The number of nitriles is 1. The maximum absolute atomic E-state index is 13.2. The maximum Gasteiger partial charge on any atom is 0.294 e. The van der Waals surface area contributed by atoms with Crippen molar-refractivity contribution in [2.75, 3.05) is 10.7 Å². The number of halogens is 1. The third-order valence-electron chi connectivity index (χ3n) is 5.51. The van der Waals surface area contributed by atoms with Crippen molar-refractivity contribution in [3.8, 4) is 6.07 Å². The van der Waals surface area contributed by atoms with Gasteiger partial charge in [-0.3, -0.25) is 19.8 Å². The number of anilines is 1. The van der Waals surface area contributed by atoms with Gasteiger partial charge in [0.25, 0.3) is 5.69 Å². The van der Waals surface area contributed by atoms with E-state index in [0.29, 0.717) is 30.5 Å². The summed E-state index contributed by atoms with van der Waals surface area (Å²) in [5.74, 6) is 0.330. The van der Waals surface area contributed by atoms with Gasteiger partial charge < -0.3 is 5.73 Å². The Morgan fingerprint density at radius 2 is 2.19 bits per heavy atom. The van der Waals surface area contributed by atoms with Gasteiger partial charge in [-0.05, 0) is 42.2 Å². The molecule has 0 amide bonds. The van der Waals surface area contributed by atoms with Gasteiger partial charge in [0.2, 0.25) is 0 Å². The Morgan fingerprint density at radius 3 is 2.88 bits per heavy atom. The molecule has 10 heteroatoms. The number of nitrogens with two attached hydrogens (primary N) is 1. The summed E-state index contributed by atoms with van der Waals surface area (Å²) in [5.41, 5.74) is 7.83. The molecule has 0 spiro atoms. The highest BCUT2D eigenvalue weighted by Crippen LogP contribution is 2.50. The Labute approximate surface area is 198 Å². The van der Waals surface area contributed by atoms with E-state index in [-0.39, 0.29) is 33.6 Å². The fraction of sp³-hybridized carbons (Fsp3) is 0.273. The Morgan fingerprint density at radius 1 is 1.41 bits per heavy atom. The molecule has 0 saturated carbocycles. The molecule has 32 heavy (non-hydrogen) atoms. The number of Topliss-reactive ketones (excluding diaryl/α,β-unsaturated/α-hetero) is 1. The molecule has 2 N–H and O–H groups in total.